The molecule has 1 aliphatic rings. The fraction of sp³-hybridized carbons (Fsp3) is 0.588. The first kappa shape index (κ1) is 15.2. The van der Waals surface area contributed by atoms with Crippen LogP contribution in [0.1, 0.15) is 28.4 Å². The number of carbonyl (C=O) groups is 1. The minimum absolute atomic E-state index is 0.0699. The van der Waals surface area contributed by atoms with E-state index in [-0.39, 0.29) is 11.7 Å². The van der Waals surface area contributed by atoms with Gasteiger partial charge in [0.05, 0.1) is 0 Å². The molecule has 20 heavy (non-hydrogen) atoms. The van der Waals surface area contributed by atoms with Gasteiger partial charge in [0, 0.05) is 44.2 Å². The third kappa shape index (κ3) is 3.68. The maximum Gasteiger partial charge on any atom is 0.166 e. The summed E-state index contributed by atoms with van der Waals surface area (Å²) in [6, 6.07) is 6.04. The van der Waals surface area contributed by atoms with E-state index >= 15 is 0 Å². The number of likely N-dealkylation sites (N-methyl/N-ethyl adjacent to an activating group) is 1. The molecule has 1 aromatic carbocycles. The van der Waals surface area contributed by atoms with E-state index in [4.69, 9.17) is 0 Å². The predicted molar refractivity (Wildman–Crippen MR) is 83.3 cm³/mol. The maximum absolute atomic E-state index is 12.5. The number of Topliss-reactive ketones (excluding diaryl/α,β-unsaturated/α-hetero) is 1. The Balaban J connectivity index is 1.96. The van der Waals surface area contributed by atoms with Crippen LogP contribution in [0.4, 0.5) is 0 Å². The highest BCUT2D eigenvalue weighted by Crippen LogP contribution is 2.15. The van der Waals surface area contributed by atoms with Crippen molar-refractivity contribution >= 4 is 5.78 Å². The molecule has 1 atom stereocenters. The minimum atomic E-state index is 0.0699. The largest absolute Gasteiger partial charge is 0.304 e. The van der Waals surface area contributed by atoms with Gasteiger partial charge in [-0.15, -0.1) is 0 Å². The second-order valence-electron chi connectivity index (χ2n) is 6.17. The third-order valence-electron chi connectivity index (χ3n) is 4.37. The van der Waals surface area contributed by atoms with Crippen molar-refractivity contribution in [1.82, 2.24) is 9.80 Å². The molecule has 1 saturated heterocycles. The normalized spacial score (nSPS) is 19.0. The zero-order valence-electron chi connectivity index (χ0n) is 13.1. The van der Waals surface area contributed by atoms with Gasteiger partial charge in [0.15, 0.2) is 5.78 Å². The molecule has 0 radical (unpaired) electrons. The molecule has 3 heteroatoms. The molecule has 1 fully saturated rings. The fourth-order valence-electron chi connectivity index (χ4n) is 2.68. The zero-order chi connectivity index (χ0) is 14.7. The second kappa shape index (κ2) is 6.51. The van der Waals surface area contributed by atoms with Gasteiger partial charge in [-0.25, -0.2) is 0 Å². The van der Waals surface area contributed by atoms with Crippen LogP contribution >= 0.6 is 0 Å². The van der Waals surface area contributed by atoms with Crippen LogP contribution in [-0.2, 0) is 0 Å². The molecule has 1 heterocycles. The Morgan fingerprint density at radius 1 is 1.15 bits per heavy atom. The van der Waals surface area contributed by atoms with E-state index in [0.29, 0.717) is 0 Å². The van der Waals surface area contributed by atoms with Crippen molar-refractivity contribution in [3.05, 3.63) is 34.9 Å². The number of hydrogen-bond acceptors (Lipinski definition) is 3. The lowest BCUT2D eigenvalue weighted by Gasteiger charge is -2.33. The SMILES string of the molecule is Cc1ccc(C(=O)C(C)CN2CCN(C)CC2)cc1C. The lowest BCUT2D eigenvalue weighted by Crippen LogP contribution is -2.46. The van der Waals surface area contributed by atoms with Crippen molar-refractivity contribution in [1.29, 1.82) is 0 Å². The molecule has 110 valence electrons. The first-order valence-electron chi connectivity index (χ1n) is 7.49. The molecule has 0 aliphatic carbocycles. The number of ketones is 1. The van der Waals surface area contributed by atoms with Gasteiger partial charge in [-0.1, -0.05) is 19.1 Å². The molecule has 2 rings (SSSR count). The monoisotopic (exact) mass is 274 g/mol. The van der Waals surface area contributed by atoms with Crippen molar-refractivity contribution in [3.8, 4) is 0 Å². The quantitative estimate of drug-likeness (QED) is 0.788. The zero-order valence-corrected chi connectivity index (χ0v) is 13.1. The van der Waals surface area contributed by atoms with Gasteiger partial charge in [-0.3, -0.25) is 4.79 Å². The molecule has 0 saturated carbocycles. The van der Waals surface area contributed by atoms with E-state index in [0.717, 1.165) is 38.3 Å². The fourth-order valence-corrected chi connectivity index (χ4v) is 2.68. The van der Waals surface area contributed by atoms with E-state index in [1.807, 2.05) is 18.2 Å². The van der Waals surface area contributed by atoms with Gasteiger partial charge in [0.2, 0.25) is 0 Å². The summed E-state index contributed by atoms with van der Waals surface area (Å²) in [6.07, 6.45) is 0. The van der Waals surface area contributed by atoms with Gasteiger partial charge in [-0.2, -0.15) is 0 Å². The van der Waals surface area contributed by atoms with Crippen LogP contribution in [0.25, 0.3) is 0 Å². The highest BCUT2D eigenvalue weighted by atomic mass is 16.1. The Hall–Kier alpha value is -1.19. The van der Waals surface area contributed by atoms with E-state index in [1.165, 1.54) is 11.1 Å². The van der Waals surface area contributed by atoms with E-state index in [9.17, 15) is 4.79 Å². The summed E-state index contributed by atoms with van der Waals surface area (Å²) in [5.41, 5.74) is 3.30. The first-order valence-corrected chi connectivity index (χ1v) is 7.49. The van der Waals surface area contributed by atoms with E-state index in [1.54, 1.807) is 0 Å². The Labute approximate surface area is 122 Å². The van der Waals surface area contributed by atoms with Crippen LogP contribution in [0.3, 0.4) is 0 Å². The van der Waals surface area contributed by atoms with Crippen LogP contribution in [0.15, 0.2) is 18.2 Å². The third-order valence-corrected chi connectivity index (χ3v) is 4.37. The number of rotatable bonds is 4. The van der Waals surface area contributed by atoms with Crippen LogP contribution < -0.4 is 0 Å². The van der Waals surface area contributed by atoms with Crippen LogP contribution in [0, 0.1) is 19.8 Å². The average Bonchev–Trinajstić information content (AvgIpc) is 2.43. The summed E-state index contributed by atoms with van der Waals surface area (Å²) in [4.78, 5) is 17.3. The molecule has 1 aliphatic heterocycles. The summed E-state index contributed by atoms with van der Waals surface area (Å²) in [5.74, 6) is 0.340. The van der Waals surface area contributed by atoms with Crippen LogP contribution in [0.2, 0.25) is 0 Å². The lowest BCUT2D eigenvalue weighted by atomic mass is 9.96. The molecule has 0 amide bonds. The highest BCUT2D eigenvalue weighted by molar-refractivity contribution is 5.98. The molecular weight excluding hydrogens is 248 g/mol. The van der Waals surface area contributed by atoms with Gasteiger partial charge in [-0.05, 0) is 38.1 Å². The van der Waals surface area contributed by atoms with Crippen molar-refractivity contribution in [2.45, 2.75) is 20.8 Å². The van der Waals surface area contributed by atoms with Gasteiger partial charge < -0.3 is 9.80 Å². The smallest absolute Gasteiger partial charge is 0.166 e. The summed E-state index contributed by atoms with van der Waals surface area (Å²) in [7, 11) is 2.15. The van der Waals surface area contributed by atoms with Crippen molar-refractivity contribution < 1.29 is 4.79 Å². The summed E-state index contributed by atoms with van der Waals surface area (Å²) in [6.45, 7) is 11.4. The van der Waals surface area contributed by atoms with Gasteiger partial charge in [0.25, 0.3) is 0 Å². The standard InChI is InChI=1S/C17H26N2O/c1-13-5-6-16(11-14(13)2)17(20)15(3)12-19-9-7-18(4)8-10-19/h5-6,11,15H,7-10,12H2,1-4H3. The van der Waals surface area contributed by atoms with Gasteiger partial charge in [0.1, 0.15) is 0 Å². The second-order valence-corrected chi connectivity index (χ2v) is 6.17. The number of benzene rings is 1. The average molecular weight is 274 g/mol. The predicted octanol–water partition coefficient (Wildman–Crippen LogP) is 2.37. The Bertz CT molecular complexity index is 476. The Morgan fingerprint density at radius 2 is 1.80 bits per heavy atom. The molecule has 0 spiro atoms. The molecule has 0 N–H and O–H groups in total. The molecule has 1 aromatic rings. The topological polar surface area (TPSA) is 23.6 Å². The number of hydrogen-bond donors (Lipinski definition) is 0. The van der Waals surface area contributed by atoms with E-state index in [2.05, 4.69) is 37.6 Å². The molecular formula is C17H26N2O. The first-order chi connectivity index (χ1) is 9.47. The Kier molecular flexibility index (Phi) is 4.95. The number of aryl methyl sites for hydroxylation is 2. The van der Waals surface area contributed by atoms with Gasteiger partial charge >= 0.3 is 0 Å². The summed E-state index contributed by atoms with van der Waals surface area (Å²) in [5, 5.41) is 0. The van der Waals surface area contributed by atoms with Crippen LogP contribution in [0.5, 0.6) is 0 Å². The van der Waals surface area contributed by atoms with Crippen molar-refractivity contribution in [2.75, 3.05) is 39.8 Å². The van der Waals surface area contributed by atoms with E-state index < -0.39 is 0 Å². The summed E-state index contributed by atoms with van der Waals surface area (Å²) >= 11 is 0. The molecule has 0 bridgehead atoms. The molecule has 3 nitrogen and oxygen atoms in total. The van der Waals surface area contributed by atoms with Crippen LogP contribution in [-0.4, -0.2) is 55.4 Å². The van der Waals surface area contributed by atoms with Crippen molar-refractivity contribution in [3.63, 3.8) is 0 Å². The molecule has 0 aromatic heterocycles. The molecule has 1 unspecified atom stereocenters. The van der Waals surface area contributed by atoms with Crippen molar-refractivity contribution in [2.24, 2.45) is 5.92 Å². The number of piperazine rings is 1. The maximum atomic E-state index is 12.5. The minimum Gasteiger partial charge on any atom is -0.304 e. The highest BCUT2D eigenvalue weighted by Gasteiger charge is 2.21. The summed E-state index contributed by atoms with van der Waals surface area (Å²) < 4.78 is 0. The lowest BCUT2D eigenvalue weighted by molar-refractivity contribution is 0.0854. The number of carbonyl (C=O) groups excluding carboxylic acids is 1. The number of nitrogens with zero attached hydrogens (tertiary/aromatic N) is 2. The Morgan fingerprint density at radius 3 is 2.40 bits per heavy atom.